The minimum absolute atomic E-state index is 1.16. The van der Waals surface area contributed by atoms with E-state index in [9.17, 15) is 0 Å². The molecule has 0 aliphatic heterocycles. The van der Waals surface area contributed by atoms with Crippen LogP contribution in [0.4, 0.5) is 0 Å². The van der Waals surface area contributed by atoms with Crippen LogP contribution in [0.1, 0.15) is 27.7 Å². The fourth-order valence-electron chi connectivity index (χ4n) is 1.21. The topological polar surface area (TPSA) is 12.0 Å². The van der Waals surface area contributed by atoms with E-state index in [1.165, 1.54) is 18.1 Å². The van der Waals surface area contributed by atoms with Crippen molar-refractivity contribution in [1.82, 2.24) is 4.98 Å². The summed E-state index contributed by atoms with van der Waals surface area (Å²) >= 11 is 0. The molecule has 1 nitrogen and oxygen atoms in total. The summed E-state index contributed by atoms with van der Waals surface area (Å²) in [7, 11) is -1.16. The highest BCUT2D eigenvalue weighted by atomic mass is 28.3. The molecule has 0 spiro atoms. The summed E-state index contributed by atoms with van der Waals surface area (Å²) in [5, 5.41) is 0. The van der Waals surface area contributed by atoms with Crippen LogP contribution in [-0.2, 0) is 0 Å². The Morgan fingerprint density at radius 3 is 1.82 bits per heavy atom. The van der Waals surface area contributed by atoms with Crippen LogP contribution in [0.15, 0.2) is 0 Å². The zero-order valence-electron chi connectivity index (χ0n) is 8.12. The van der Waals surface area contributed by atoms with Crippen molar-refractivity contribution in [2.24, 2.45) is 0 Å². The van der Waals surface area contributed by atoms with E-state index in [1.54, 1.807) is 0 Å². The first-order chi connectivity index (χ1) is 5.24. The molecular formula is C9H19NSi. The molecule has 2 heteroatoms. The van der Waals surface area contributed by atoms with Gasteiger partial charge >= 0.3 is 0 Å². The molecule has 0 aromatic rings. The summed E-state index contributed by atoms with van der Waals surface area (Å²) < 4.78 is 0. The number of hydrogen-bond donors (Lipinski definition) is 1. The second kappa shape index (κ2) is 5.26. The lowest BCUT2D eigenvalue weighted by atomic mass is 10.8. The molecule has 0 aromatic carbocycles. The highest BCUT2D eigenvalue weighted by Gasteiger charge is 2.25. The lowest BCUT2D eigenvalue weighted by Crippen LogP contribution is -2.45. The number of rotatable bonds is 4. The summed E-state index contributed by atoms with van der Waals surface area (Å²) in [6, 6.07) is 6.86. The Kier molecular flexibility index (Phi) is 5.05. The molecule has 0 bridgehead atoms. The molecule has 0 heterocycles. The van der Waals surface area contributed by atoms with Crippen molar-refractivity contribution in [2.75, 3.05) is 0 Å². The van der Waals surface area contributed by atoms with Crippen LogP contribution in [0.2, 0.25) is 18.1 Å². The molecule has 0 saturated heterocycles. The Hall–Kier alpha value is -0.423. The van der Waals surface area contributed by atoms with Gasteiger partial charge in [-0.3, -0.25) is 0 Å². The summed E-state index contributed by atoms with van der Waals surface area (Å²) in [6.45, 7) is 8.68. The van der Waals surface area contributed by atoms with Gasteiger partial charge < -0.3 is 4.98 Å². The maximum atomic E-state index is 3.41. The molecule has 0 fully saturated rings. The van der Waals surface area contributed by atoms with Crippen LogP contribution in [0.25, 0.3) is 0 Å². The molecule has 11 heavy (non-hydrogen) atoms. The molecule has 0 aliphatic carbocycles. The van der Waals surface area contributed by atoms with E-state index in [0.717, 1.165) is 0 Å². The first kappa shape index (κ1) is 10.6. The van der Waals surface area contributed by atoms with E-state index in [2.05, 4.69) is 37.7 Å². The van der Waals surface area contributed by atoms with Crippen molar-refractivity contribution >= 4 is 8.24 Å². The van der Waals surface area contributed by atoms with Gasteiger partial charge in [-0.1, -0.05) is 26.7 Å². The lowest BCUT2D eigenvalue weighted by molar-refractivity contribution is 1.08. The standard InChI is InChI=1S/C9H19NSi/c1-5-9-10-11(6-2,7-3)8-4/h10H,6-8H2,1-4H3. The zero-order chi connectivity index (χ0) is 8.74. The molecular weight excluding hydrogens is 150 g/mol. The van der Waals surface area contributed by atoms with Gasteiger partial charge in [-0.15, -0.1) is 0 Å². The minimum Gasteiger partial charge on any atom is -0.371 e. The van der Waals surface area contributed by atoms with Crippen LogP contribution in [0.5, 0.6) is 0 Å². The lowest BCUT2D eigenvalue weighted by Gasteiger charge is -2.26. The van der Waals surface area contributed by atoms with Gasteiger partial charge in [0.1, 0.15) is 0 Å². The third kappa shape index (κ3) is 2.98. The molecule has 0 aliphatic rings. The fraction of sp³-hybridized carbons (Fsp3) is 0.778. The molecule has 0 unspecified atom stereocenters. The van der Waals surface area contributed by atoms with E-state index >= 15 is 0 Å². The molecule has 1 N–H and O–H groups in total. The maximum Gasteiger partial charge on any atom is 0.161 e. The number of hydrogen-bond acceptors (Lipinski definition) is 1. The molecule has 0 atom stereocenters. The molecule has 0 aromatic heterocycles. The van der Waals surface area contributed by atoms with Crippen LogP contribution >= 0.6 is 0 Å². The third-order valence-electron chi connectivity index (χ3n) is 2.48. The second-order valence-corrected chi connectivity index (χ2v) is 7.77. The van der Waals surface area contributed by atoms with Crippen molar-refractivity contribution in [1.29, 1.82) is 0 Å². The summed E-state index contributed by atoms with van der Waals surface area (Å²) in [5.74, 6) is 2.90. The number of nitrogens with one attached hydrogen (secondary N) is 1. The smallest absolute Gasteiger partial charge is 0.161 e. The Morgan fingerprint density at radius 2 is 1.55 bits per heavy atom. The van der Waals surface area contributed by atoms with Gasteiger partial charge in [-0.05, 0) is 31.1 Å². The van der Waals surface area contributed by atoms with E-state index < -0.39 is 8.24 Å². The van der Waals surface area contributed by atoms with Gasteiger partial charge in [-0.25, -0.2) is 0 Å². The van der Waals surface area contributed by atoms with Gasteiger partial charge in [0.05, 0.1) is 0 Å². The largest absolute Gasteiger partial charge is 0.371 e. The molecule has 0 saturated carbocycles. The monoisotopic (exact) mass is 169 g/mol. The summed E-state index contributed by atoms with van der Waals surface area (Å²) in [5.41, 5.74) is 0. The fourth-order valence-corrected chi connectivity index (χ4v) is 3.63. The van der Waals surface area contributed by atoms with Crippen LogP contribution in [0.3, 0.4) is 0 Å². The highest BCUT2D eigenvalue weighted by Crippen LogP contribution is 2.15. The van der Waals surface area contributed by atoms with Crippen molar-refractivity contribution in [2.45, 2.75) is 45.8 Å². The first-order valence-corrected chi connectivity index (χ1v) is 7.05. The Labute approximate surface area is 71.7 Å². The molecule has 0 amide bonds. The van der Waals surface area contributed by atoms with Crippen molar-refractivity contribution < 1.29 is 0 Å². The van der Waals surface area contributed by atoms with Crippen LogP contribution in [-0.4, -0.2) is 8.24 Å². The van der Waals surface area contributed by atoms with E-state index in [1.807, 2.05) is 6.92 Å². The Bertz CT molecular complexity index is 142. The third-order valence-corrected chi connectivity index (χ3v) is 7.20. The van der Waals surface area contributed by atoms with Crippen LogP contribution < -0.4 is 4.98 Å². The molecule has 64 valence electrons. The molecule has 0 rings (SSSR count). The Morgan fingerprint density at radius 1 is 1.09 bits per heavy atom. The average molecular weight is 169 g/mol. The Balaban J connectivity index is 4.12. The maximum absolute atomic E-state index is 3.41. The molecule has 0 radical (unpaired) electrons. The first-order valence-electron chi connectivity index (χ1n) is 4.43. The van der Waals surface area contributed by atoms with E-state index in [0.29, 0.717) is 0 Å². The van der Waals surface area contributed by atoms with Gasteiger partial charge in [-0.2, -0.15) is 0 Å². The van der Waals surface area contributed by atoms with Gasteiger partial charge in [0.15, 0.2) is 8.24 Å². The quantitative estimate of drug-likeness (QED) is 0.387. The van der Waals surface area contributed by atoms with Gasteiger partial charge in [0.2, 0.25) is 0 Å². The minimum atomic E-state index is -1.16. The van der Waals surface area contributed by atoms with E-state index in [-0.39, 0.29) is 0 Å². The van der Waals surface area contributed by atoms with Gasteiger partial charge in [0, 0.05) is 0 Å². The predicted octanol–water partition coefficient (Wildman–Crippen LogP) is 2.56. The van der Waals surface area contributed by atoms with E-state index in [4.69, 9.17) is 0 Å². The zero-order valence-corrected chi connectivity index (χ0v) is 9.12. The SMILES string of the molecule is CC#CN[Si](CC)(CC)CC. The van der Waals surface area contributed by atoms with Crippen molar-refractivity contribution in [3.63, 3.8) is 0 Å². The van der Waals surface area contributed by atoms with Crippen LogP contribution in [0, 0.1) is 12.0 Å². The normalized spacial score (nSPS) is 10.2. The summed E-state index contributed by atoms with van der Waals surface area (Å²) in [6.07, 6.45) is 0. The van der Waals surface area contributed by atoms with Crippen molar-refractivity contribution in [3.8, 4) is 12.0 Å². The average Bonchev–Trinajstić information content (AvgIpc) is 2.08. The second-order valence-electron chi connectivity index (χ2n) is 2.84. The predicted molar refractivity (Wildman–Crippen MR) is 53.8 cm³/mol. The van der Waals surface area contributed by atoms with Gasteiger partial charge in [0.25, 0.3) is 0 Å². The van der Waals surface area contributed by atoms with Crippen molar-refractivity contribution in [3.05, 3.63) is 0 Å². The highest BCUT2D eigenvalue weighted by molar-refractivity contribution is 6.77. The summed E-state index contributed by atoms with van der Waals surface area (Å²) in [4.78, 5) is 3.41.